The zero-order valence-electron chi connectivity index (χ0n) is 16.1. The highest BCUT2D eigenvalue weighted by Gasteiger charge is 2.30. The Morgan fingerprint density at radius 2 is 2.18 bits per heavy atom. The fourth-order valence-corrected chi connectivity index (χ4v) is 4.03. The third-order valence-corrected chi connectivity index (χ3v) is 5.72. The Bertz CT molecular complexity index is 961. The molecule has 1 aliphatic rings. The Hall–Kier alpha value is -2.54. The van der Waals surface area contributed by atoms with Gasteiger partial charge in [0.25, 0.3) is 0 Å². The van der Waals surface area contributed by atoms with Crippen molar-refractivity contribution in [3.8, 4) is 5.75 Å². The van der Waals surface area contributed by atoms with Gasteiger partial charge in [0.2, 0.25) is 0 Å². The first-order valence-corrected chi connectivity index (χ1v) is 10.5. The highest BCUT2D eigenvalue weighted by molar-refractivity contribution is 7.98. The largest absolute Gasteiger partial charge is 0.494 e. The molecule has 0 amide bonds. The molecule has 0 aliphatic heterocycles. The maximum absolute atomic E-state index is 11.8. The van der Waals surface area contributed by atoms with Crippen LogP contribution in [0.4, 0.5) is 0 Å². The number of nitrogens with zero attached hydrogens (tertiary/aromatic N) is 3. The number of hydrogen-bond acceptors (Lipinski definition) is 6. The molecule has 0 spiro atoms. The number of aromatic nitrogens is 3. The number of ether oxygens (including phenoxy) is 1. The van der Waals surface area contributed by atoms with Crippen LogP contribution in [-0.4, -0.2) is 27.2 Å². The van der Waals surface area contributed by atoms with Crippen molar-refractivity contribution in [2.24, 2.45) is 0 Å². The van der Waals surface area contributed by atoms with Crippen LogP contribution >= 0.6 is 11.8 Å². The maximum Gasteiger partial charge on any atom is 0.191 e. The fraction of sp³-hybridized carbons (Fsp3) is 0.381. The van der Waals surface area contributed by atoms with Crippen LogP contribution in [-0.2, 0) is 12.3 Å². The third-order valence-electron chi connectivity index (χ3n) is 4.71. The molecule has 28 heavy (non-hydrogen) atoms. The molecule has 4 rings (SSSR count). The molecule has 1 aliphatic carbocycles. The summed E-state index contributed by atoms with van der Waals surface area (Å²) in [6, 6.07) is 9.46. The van der Waals surface area contributed by atoms with E-state index < -0.39 is 0 Å². The van der Waals surface area contributed by atoms with Gasteiger partial charge in [0.1, 0.15) is 17.3 Å². The lowest BCUT2D eigenvalue weighted by atomic mass is 10.1. The second-order valence-corrected chi connectivity index (χ2v) is 7.82. The van der Waals surface area contributed by atoms with Gasteiger partial charge in [-0.25, -0.2) is 0 Å². The van der Waals surface area contributed by atoms with Gasteiger partial charge in [-0.05, 0) is 57.0 Å². The van der Waals surface area contributed by atoms with Crippen molar-refractivity contribution < 1.29 is 13.9 Å². The maximum atomic E-state index is 11.8. The summed E-state index contributed by atoms with van der Waals surface area (Å²) in [6.07, 6.45) is 4.01. The van der Waals surface area contributed by atoms with Gasteiger partial charge in [0, 0.05) is 22.8 Å². The van der Waals surface area contributed by atoms with Crippen LogP contribution in [0.3, 0.4) is 0 Å². The fourth-order valence-electron chi connectivity index (χ4n) is 3.11. The minimum atomic E-state index is 0.0475. The van der Waals surface area contributed by atoms with Gasteiger partial charge >= 0.3 is 0 Å². The van der Waals surface area contributed by atoms with Gasteiger partial charge in [0.15, 0.2) is 10.9 Å². The first-order chi connectivity index (χ1) is 13.7. The Labute approximate surface area is 168 Å². The van der Waals surface area contributed by atoms with E-state index in [0.717, 1.165) is 40.9 Å². The molecule has 1 saturated carbocycles. The summed E-state index contributed by atoms with van der Waals surface area (Å²) in [6.45, 7) is 4.74. The van der Waals surface area contributed by atoms with Crippen molar-refractivity contribution in [3.63, 3.8) is 0 Å². The minimum Gasteiger partial charge on any atom is -0.494 e. The quantitative estimate of drug-likeness (QED) is 0.385. The van der Waals surface area contributed by atoms with Gasteiger partial charge < -0.3 is 9.15 Å². The lowest BCUT2D eigenvalue weighted by molar-refractivity contribution is 0.101. The van der Waals surface area contributed by atoms with Gasteiger partial charge in [-0.15, -0.1) is 10.2 Å². The summed E-state index contributed by atoms with van der Waals surface area (Å²) in [7, 11) is 0. The predicted octanol–water partition coefficient (Wildman–Crippen LogP) is 4.69. The number of ketones is 1. The summed E-state index contributed by atoms with van der Waals surface area (Å²) in [4.78, 5) is 11.8. The average Bonchev–Trinajstić information content (AvgIpc) is 3.25. The molecule has 1 aromatic carbocycles. The van der Waals surface area contributed by atoms with Crippen LogP contribution in [0.5, 0.6) is 5.75 Å². The Morgan fingerprint density at radius 3 is 2.86 bits per heavy atom. The minimum absolute atomic E-state index is 0.0475. The van der Waals surface area contributed by atoms with Crippen molar-refractivity contribution in [2.75, 3.05) is 6.61 Å². The summed E-state index contributed by atoms with van der Waals surface area (Å²) >= 11 is 1.60. The summed E-state index contributed by atoms with van der Waals surface area (Å²) in [5.74, 6) is 3.92. The van der Waals surface area contributed by atoms with Gasteiger partial charge in [-0.1, -0.05) is 11.8 Å². The molecule has 7 heteroatoms. The first kappa shape index (κ1) is 18.8. The number of rotatable bonds is 9. The summed E-state index contributed by atoms with van der Waals surface area (Å²) in [5.41, 5.74) is 1.68. The standard InChI is InChI=1S/C21H23N3O3S/c1-3-26-19-9-8-16(14(2)25)11-17(19)13-28-21-23-22-20(15-6-7-15)24(21)12-18-5-4-10-27-18/h4-5,8-11,15H,3,6-7,12-13H2,1-2H3. The van der Waals surface area contributed by atoms with Gasteiger partial charge in [0.05, 0.1) is 19.4 Å². The van der Waals surface area contributed by atoms with Crippen LogP contribution in [0.2, 0.25) is 0 Å². The van der Waals surface area contributed by atoms with E-state index in [2.05, 4.69) is 14.8 Å². The molecule has 2 heterocycles. The predicted molar refractivity (Wildman–Crippen MR) is 107 cm³/mol. The Morgan fingerprint density at radius 1 is 1.32 bits per heavy atom. The Kier molecular flexibility index (Phi) is 5.52. The number of benzene rings is 1. The molecule has 6 nitrogen and oxygen atoms in total. The van der Waals surface area contributed by atoms with Gasteiger partial charge in [-0.3, -0.25) is 9.36 Å². The molecule has 3 aromatic rings. The number of hydrogen-bond donors (Lipinski definition) is 0. The molecule has 2 aromatic heterocycles. The van der Waals surface area contributed by atoms with E-state index in [1.165, 1.54) is 0 Å². The lowest BCUT2D eigenvalue weighted by Crippen LogP contribution is -2.05. The number of furan rings is 1. The van der Waals surface area contributed by atoms with E-state index in [1.54, 1.807) is 24.9 Å². The van der Waals surface area contributed by atoms with E-state index in [0.29, 0.717) is 30.4 Å². The number of thioether (sulfide) groups is 1. The zero-order valence-corrected chi connectivity index (χ0v) is 16.9. The topological polar surface area (TPSA) is 70.2 Å². The molecule has 1 fully saturated rings. The SMILES string of the molecule is CCOc1ccc(C(C)=O)cc1CSc1nnc(C2CC2)n1Cc1ccco1. The number of carbonyl (C=O) groups excluding carboxylic acids is 1. The molecule has 0 bridgehead atoms. The van der Waals surface area contributed by atoms with E-state index in [9.17, 15) is 4.79 Å². The molecule has 146 valence electrons. The molecular weight excluding hydrogens is 374 g/mol. The molecule has 0 N–H and O–H groups in total. The molecule has 0 radical (unpaired) electrons. The van der Waals surface area contributed by atoms with E-state index in [-0.39, 0.29) is 5.78 Å². The van der Waals surface area contributed by atoms with Gasteiger partial charge in [-0.2, -0.15) is 0 Å². The summed E-state index contributed by atoms with van der Waals surface area (Å²) < 4.78 is 13.4. The lowest BCUT2D eigenvalue weighted by Gasteiger charge is -2.12. The number of carbonyl (C=O) groups is 1. The van der Waals surface area contributed by atoms with E-state index in [4.69, 9.17) is 9.15 Å². The molecule has 0 atom stereocenters. The molecular formula is C21H23N3O3S. The third kappa shape index (κ3) is 4.14. The second kappa shape index (κ2) is 8.22. The van der Waals surface area contributed by atoms with Crippen molar-refractivity contribution >= 4 is 17.5 Å². The second-order valence-electron chi connectivity index (χ2n) is 6.88. The highest BCUT2D eigenvalue weighted by Crippen LogP contribution is 2.40. The Balaban J connectivity index is 1.58. The normalized spacial score (nSPS) is 13.6. The van der Waals surface area contributed by atoms with Crippen LogP contribution < -0.4 is 4.74 Å². The van der Waals surface area contributed by atoms with E-state index in [1.807, 2.05) is 37.3 Å². The molecule has 0 saturated heterocycles. The molecule has 0 unspecified atom stereocenters. The van der Waals surface area contributed by atoms with Crippen LogP contribution in [0, 0.1) is 0 Å². The van der Waals surface area contributed by atoms with Crippen molar-refractivity contribution in [1.82, 2.24) is 14.8 Å². The van der Waals surface area contributed by atoms with Crippen LogP contribution in [0.1, 0.15) is 60.1 Å². The first-order valence-electron chi connectivity index (χ1n) is 9.50. The monoisotopic (exact) mass is 397 g/mol. The smallest absolute Gasteiger partial charge is 0.191 e. The van der Waals surface area contributed by atoms with Crippen LogP contribution in [0.15, 0.2) is 46.2 Å². The van der Waals surface area contributed by atoms with Crippen molar-refractivity contribution in [2.45, 2.75) is 50.1 Å². The van der Waals surface area contributed by atoms with Crippen LogP contribution in [0.25, 0.3) is 0 Å². The van der Waals surface area contributed by atoms with Crippen molar-refractivity contribution in [1.29, 1.82) is 0 Å². The number of Topliss-reactive ketones (excluding diaryl/α,β-unsaturated/α-hetero) is 1. The average molecular weight is 398 g/mol. The van der Waals surface area contributed by atoms with Crippen molar-refractivity contribution in [3.05, 3.63) is 59.3 Å². The van der Waals surface area contributed by atoms with E-state index >= 15 is 0 Å². The zero-order chi connectivity index (χ0) is 19.5. The highest BCUT2D eigenvalue weighted by atomic mass is 32.2. The summed E-state index contributed by atoms with van der Waals surface area (Å²) in [5, 5.41) is 9.73.